The number of rotatable bonds is 8. The number of hydrogen-bond donors (Lipinski definition) is 3. The van der Waals surface area contributed by atoms with E-state index < -0.39 is 0 Å². The molecule has 0 atom stereocenters. The van der Waals surface area contributed by atoms with E-state index in [4.69, 9.17) is 31.9 Å². The Kier molecular flexibility index (Phi) is 9.84. The van der Waals surface area contributed by atoms with Gasteiger partial charge in [-0.3, -0.25) is 9.69 Å². The number of ether oxygens (including phenoxy) is 2. The zero-order valence-corrected chi connectivity index (χ0v) is 19.3. The summed E-state index contributed by atoms with van der Waals surface area (Å²) in [6.07, 6.45) is 1.53. The first kappa shape index (κ1) is 26.0. The molecule has 0 radical (unpaired) electrons. The third-order valence-corrected chi connectivity index (χ3v) is 5.56. The summed E-state index contributed by atoms with van der Waals surface area (Å²) in [6.45, 7) is 2.05. The molecule has 4 N–H and O–H groups in total. The van der Waals surface area contributed by atoms with Gasteiger partial charge in [0, 0.05) is 31.7 Å². The molecule has 3 rings (SSSR count). The maximum absolute atomic E-state index is 13.9. The summed E-state index contributed by atoms with van der Waals surface area (Å²) in [5.41, 5.74) is 7.27. The average molecular weight is 488 g/mol. The number of carbonyl (C=O) groups is 1. The van der Waals surface area contributed by atoms with Gasteiger partial charge in [-0.2, -0.15) is 0 Å². The molecule has 0 spiro atoms. The Hall–Kier alpha value is -2.26. The highest BCUT2D eigenvalue weighted by molar-refractivity contribution is 6.33. The summed E-state index contributed by atoms with van der Waals surface area (Å²) in [6, 6.07) is 7.94. The number of methoxy groups -OCH3 is 1. The lowest BCUT2D eigenvalue weighted by atomic mass is 10.0. The molecule has 0 saturated carbocycles. The molecule has 32 heavy (non-hydrogen) atoms. The molecule has 0 aliphatic carbocycles. The molecule has 1 fully saturated rings. The lowest BCUT2D eigenvalue weighted by Gasteiger charge is -2.32. The van der Waals surface area contributed by atoms with Gasteiger partial charge < -0.3 is 25.6 Å². The molecule has 1 heterocycles. The van der Waals surface area contributed by atoms with Crippen LogP contribution in [0.5, 0.6) is 11.5 Å². The number of aliphatic hydroxyl groups excluding tert-OH is 1. The molecule has 1 saturated heterocycles. The minimum Gasteiger partial charge on any atom is -0.494 e. The Bertz CT molecular complexity index is 924. The predicted molar refractivity (Wildman–Crippen MR) is 124 cm³/mol. The van der Waals surface area contributed by atoms with Gasteiger partial charge in [0.2, 0.25) is 0 Å². The highest BCUT2D eigenvalue weighted by Crippen LogP contribution is 2.29. The van der Waals surface area contributed by atoms with Gasteiger partial charge in [-0.1, -0.05) is 17.7 Å². The van der Waals surface area contributed by atoms with Crippen LogP contribution in [0.1, 0.15) is 28.8 Å². The average Bonchev–Trinajstić information content (AvgIpc) is 2.75. The van der Waals surface area contributed by atoms with E-state index in [1.807, 2.05) is 6.07 Å². The topological polar surface area (TPSA) is 97.1 Å². The van der Waals surface area contributed by atoms with Crippen molar-refractivity contribution >= 4 is 35.6 Å². The first-order valence-electron chi connectivity index (χ1n) is 10.1. The number of piperidine rings is 1. The number of likely N-dealkylation sites (tertiary alicyclic amines) is 1. The predicted octanol–water partition coefficient (Wildman–Crippen LogP) is 3.26. The molecule has 7 nitrogen and oxygen atoms in total. The first-order chi connectivity index (χ1) is 14.9. The van der Waals surface area contributed by atoms with E-state index in [1.54, 1.807) is 6.07 Å². The highest BCUT2D eigenvalue weighted by atomic mass is 35.5. The van der Waals surface area contributed by atoms with Gasteiger partial charge in [0.05, 0.1) is 30.0 Å². The summed E-state index contributed by atoms with van der Waals surface area (Å²) in [7, 11) is 1.44. The molecule has 1 amide bonds. The normalized spacial score (nSPS) is 14.5. The minimum absolute atomic E-state index is 0. The number of halogens is 3. The minimum atomic E-state index is -0.372. The molecular weight excluding hydrogens is 460 g/mol. The van der Waals surface area contributed by atoms with Crippen molar-refractivity contribution in [1.82, 2.24) is 10.2 Å². The van der Waals surface area contributed by atoms with Gasteiger partial charge in [-0.15, -0.1) is 12.4 Å². The maximum atomic E-state index is 13.9. The standard InChI is InChI=1S/C22H27ClFN3O4.ClH/c1-30-20-3-2-14(10-18(20)24)13-27-6-4-15(5-7-27)26-22(29)16-11-17(23)19(25)12-21(16)31-9-8-28;/h2-3,10-12,15,28H,4-9,13,25H2,1H3,(H,26,29);1H. The van der Waals surface area contributed by atoms with Crippen molar-refractivity contribution in [2.75, 3.05) is 39.1 Å². The second-order valence-corrected chi connectivity index (χ2v) is 7.84. The highest BCUT2D eigenvalue weighted by Gasteiger charge is 2.23. The number of carbonyl (C=O) groups excluding carboxylic acids is 1. The monoisotopic (exact) mass is 487 g/mol. The third kappa shape index (κ3) is 6.62. The van der Waals surface area contributed by atoms with E-state index in [0.29, 0.717) is 12.2 Å². The Morgan fingerprint density at radius 3 is 2.62 bits per heavy atom. The first-order valence-corrected chi connectivity index (χ1v) is 10.5. The molecular formula is C22H28Cl2FN3O4. The maximum Gasteiger partial charge on any atom is 0.255 e. The van der Waals surface area contributed by atoms with Crippen LogP contribution in [0.3, 0.4) is 0 Å². The number of amides is 1. The summed E-state index contributed by atoms with van der Waals surface area (Å²) in [5.74, 6) is -0.156. The number of benzene rings is 2. The van der Waals surface area contributed by atoms with Crippen LogP contribution in [0.25, 0.3) is 0 Å². The number of nitrogens with one attached hydrogen (secondary N) is 1. The van der Waals surface area contributed by atoms with Crippen molar-refractivity contribution in [3.8, 4) is 11.5 Å². The van der Waals surface area contributed by atoms with Gasteiger partial charge in [0.25, 0.3) is 5.91 Å². The van der Waals surface area contributed by atoms with Crippen LogP contribution in [0.4, 0.5) is 10.1 Å². The quantitative estimate of drug-likeness (QED) is 0.494. The van der Waals surface area contributed by atoms with Crippen molar-refractivity contribution in [3.63, 3.8) is 0 Å². The fraction of sp³-hybridized carbons (Fsp3) is 0.409. The Balaban J connectivity index is 0.00000363. The van der Waals surface area contributed by atoms with Crippen molar-refractivity contribution in [1.29, 1.82) is 0 Å². The Morgan fingerprint density at radius 2 is 2.00 bits per heavy atom. The largest absolute Gasteiger partial charge is 0.494 e. The third-order valence-electron chi connectivity index (χ3n) is 5.24. The molecule has 0 aromatic heterocycles. The van der Waals surface area contributed by atoms with Crippen LogP contribution >= 0.6 is 24.0 Å². The Labute approximate surface area is 198 Å². The molecule has 2 aromatic carbocycles. The summed E-state index contributed by atoms with van der Waals surface area (Å²) in [5, 5.41) is 12.3. The van der Waals surface area contributed by atoms with Crippen molar-refractivity contribution < 1.29 is 23.8 Å². The molecule has 10 heteroatoms. The van der Waals surface area contributed by atoms with Crippen LogP contribution in [-0.2, 0) is 6.54 Å². The van der Waals surface area contributed by atoms with Crippen molar-refractivity contribution in [3.05, 3.63) is 52.3 Å². The van der Waals surface area contributed by atoms with E-state index in [0.717, 1.165) is 31.5 Å². The molecule has 1 aliphatic rings. The van der Waals surface area contributed by atoms with Crippen molar-refractivity contribution in [2.24, 2.45) is 0 Å². The lowest BCUT2D eigenvalue weighted by molar-refractivity contribution is 0.0903. The fourth-order valence-corrected chi connectivity index (χ4v) is 3.75. The zero-order valence-electron chi connectivity index (χ0n) is 17.8. The van der Waals surface area contributed by atoms with Gasteiger partial charge >= 0.3 is 0 Å². The number of aliphatic hydroxyl groups is 1. The molecule has 2 aromatic rings. The smallest absolute Gasteiger partial charge is 0.255 e. The van der Waals surface area contributed by atoms with Gasteiger partial charge in [0.1, 0.15) is 12.4 Å². The van der Waals surface area contributed by atoms with E-state index >= 15 is 0 Å². The molecule has 0 bridgehead atoms. The summed E-state index contributed by atoms with van der Waals surface area (Å²) >= 11 is 6.08. The number of nitrogen functional groups attached to an aromatic ring is 1. The number of nitrogens with zero attached hydrogens (tertiary/aromatic N) is 1. The zero-order chi connectivity index (χ0) is 22.4. The van der Waals surface area contributed by atoms with Crippen LogP contribution in [-0.4, -0.2) is 55.4 Å². The van der Waals surface area contributed by atoms with E-state index in [1.165, 1.54) is 25.3 Å². The van der Waals surface area contributed by atoms with Crippen LogP contribution in [0.15, 0.2) is 30.3 Å². The van der Waals surface area contributed by atoms with E-state index in [9.17, 15) is 9.18 Å². The van der Waals surface area contributed by atoms with Crippen LogP contribution < -0.4 is 20.5 Å². The molecule has 176 valence electrons. The fourth-order valence-electron chi connectivity index (χ4n) is 3.59. The van der Waals surface area contributed by atoms with Gasteiger partial charge in [0.15, 0.2) is 11.6 Å². The van der Waals surface area contributed by atoms with Crippen molar-refractivity contribution in [2.45, 2.75) is 25.4 Å². The second-order valence-electron chi connectivity index (χ2n) is 7.43. The summed E-state index contributed by atoms with van der Waals surface area (Å²) < 4.78 is 24.3. The van der Waals surface area contributed by atoms with Crippen LogP contribution in [0.2, 0.25) is 5.02 Å². The number of anilines is 1. The van der Waals surface area contributed by atoms with Gasteiger partial charge in [-0.25, -0.2) is 4.39 Å². The van der Waals surface area contributed by atoms with E-state index in [2.05, 4.69) is 10.2 Å². The van der Waals surface area contributed by atoms with E-state index in [-0.39, 0.29) is 65.5 Å². The molecule has 1 aliphatic heterocycles. The van der Waals surface area contributed by atoms with Crippen LogP contribution in [0, 0.1) is 5.82 Å². The number of hydrogen-bond acceptors (Lipinski definition) is 6. The lowest BCUT2D eigenvalue weighted by Crippen LogP contribution is -2.44. The number of nitrogens with two attached hydrogens (primary N) is 1. The molecule has 0 unspecified atom stereocenters. The summed E-state index contributed by atoms with van der Waals surface area (Å²) in [4.78, 5) is 15.0. The second kappa shape index (κ2) is 12.1. The SMILES string of the molecule is COc1ccc(CN2CCC(NC(=O)c3cc(Cl)c(N)cc3OCCO)CC2)cc1F.Cl. The van der Waals surface area contributed by atoms with Gasteiger partial charge in [-0.05, 0) is 36.6 Å². The Morgan fingerprint density at radius 1 is 1.28 bits per heavy atom.